The molecule has 2 nitrogen and oxygen atoms in total. The third kappa shape index (κ3) is 5.43. The molecule has 2 aromatic rings. The van der Waals surface area contributed by atoms with E-state index >= 15 is 0 Å². The molecule has 0 aliphatic heterocycles. The van der Waals surface area contributed by atoms with E-state index in [0.717, 1.165) is 12.2 Å². The van der Waals surface area contributed by atoms with E-state index < -0.39 is 0 Å². The first kappa shape index (κ1) is 23.4. The lowest BCUT2D eigenvalue weighted by Crippen LogP contribution is -2.35. The summed E-state index contributed by atoms with van der Waals surface area (Å²) >= 11 is 2.02. The first-order chi connectivity index (χ1) is 15.3. The van der Waals surface area contributed by atoms with Crippen molar-refractivity contribution in [2.24, 2.45) is 16.7 Å². The Kier molecular flexibility index (Phi) is 7.07. The summed E-state index contributed by atoms with van der Waals surface area (Å²) in [5.41, 5.74) is 3.24. The molecule has 2 bridgehead atoms. The molecule has 0 heterocycles. The third-order valence-electron chi connectivity index (χ3n) is 7.48. The van der Waals surface area contributed by atoms with Crippen LogP contribution in [0.4, 0.5) is 0 Å². The largest absolute Gasteiger partial charge is 0.497 e. The highest BCUT2D eigenvalue weighted by Crippen LogP contribution is 2.54. The molecule has 3 heteroatoms. The van der Waals surface area contributed by atoms with Gasteiger partial charge in [-0.15, -0.1) is 11.8 Å². The minimum atomic E-state index is 0.181. The van der Waals surface area contributed by atoms with Crippen molar-refractivity contribution >= 4 is 11.8 Å². The number of methoxy groups -OCH3 is 1. The zero-order valence-corrected chi connectivity index (χ0v) is 21.1. The first-order valence-electron chi connectivity index (χ1n) is 11.9. The van der Waals surface area contributed by atoms with Crippen molar-refractivity contribution in [2.45, 2.75) is 76.2 Å². The average Bonchev–Trinajstić information content (AvgIpc) is 3.06. The minimum absolute atomic E-state index is 0.181. The Bertz CT molecular complexity index is 914. The van der Waals surface area contributed by atoms with Crippen LogP contribution in [-0.2, 0) is 11.3 Å². The van der Waals surface area contributed by atoms with Crippen LogP contribution in [0.5, 0.6) is 5.75 Å². The zero-order chi connectivity index (χ0) is 22.8. The Morgan fingerprint density at radius 1 is 0.938 bits per heavy atom. The van der Waals surface area contributed by atoms with Crippen molar-refractivity contribution in [3.8, 4) is 5.75 Å². The van der Waals surface area contributed by atoms with Crippen molar-refractivity contribution in [1.82, 2.24) is 0 Å². The van der Waals surface area contributed by atoms with Gasteiger partial charge in [0, 0.05) is 10.1 Å². The van der Waals surface area contributed by atoms with E-state index in [0.29, 0.717) is 17.8 Å². The van der Waals surface area contributed by atoms with Crippen LogP contribution in [0.1, 0.15) is 58.9 Å². The molecule has 0 aromatic heterocycles. The summed E-state index contributed by atoms with van der Waals surface area (Å²) in [4.78, 5) is 1.36. The van der Waals surface area contributed by atoms with E-state index in [4.69, 9.17) is 9.47 Å². The van der Waals surface area contributed by atoms with Crippen molar-refractivity contribution in [2.75, 3.05) is 7.11 Å². The predicted molar refractivity (Wildman–Crippen MR) is 135 cm³/mol. The van der Waals surface area contributed by atoms with E-state index in [1.54, 1.807) is 12.7 Å². The second-order valence-electron chi connectivity index (χ2n) is 10.8. The van der Waals surface area contributed by atoms with E-state index in [9.17, 15) is 0 Å². The van der Waals surface area contributed by atoms with E-state index in [1.165, 1.54) is 29.7 Å². The van der Waals surface area contributed by atoms with Gasteiger partial charge in [-0.1, -0.05) is 69.7 Å². The fourth-order valence-electron chi connectivity index (χ4n) is 5.63. The molecule has 0 N–H and O–H groups in total. The molecule has 2 aliphatic rings. The first-order valence-corrected chi connectivity index (χ1v) is 12.8. The van der Waals surface area contributed by atoms with Gasteiger partial charge in [0.1, 0.15) is 5.75 Å². The molecule has 2 aliphatic carbocycles. The van der Waals surface area contributed by atoms with Crippen LogP contribution < -0.4 is 4.74 Å². The van der Waals surface area contributed by atoms with Crippen molar-refractivity contribution in [3.63, 3.8) is 0 Å². The van der Waals surface area contributed by atoms with Gasteiger partial charge in [-0.05, 0) is 72.3 Å². The smallest absolute Gasteiger partial charge is 0.118 e. The molecule has 2 aromatic carbocycles. The van der Waals surface area contributed by atoms with Gasteiger partial charge < -0.3 is 9.47 Å². The lowest BCUT2D eigenvalue weighted by atomic mass is 9.73. The van der Waals surface area contributed by atoms with Gasteiger partial charge in [0.05, 0.1) is 19.8 Å². The Morgan fingerprint density at radius 3 is 2.34 bits per heavy atom. The molecule has 0 spiro atoms. The van der Waals surface area contributed by atoms with Crippen LogP contribution >= 0.6 is 11.8 Å². The maximum Gasteiger partial charge on any atom is 0.118 e. The quantitative estimate of drug-likeness (QED) is 0.416. The molecule has 0 unspecified atom stereocenters. The summed E-state index contributed by atoms with van der Waals surface area (Å²) in [5, 5.41) is 0.501. The molecule has 3 atom stereocenters. The molecule has 172 valence electrons. The number of allylic oxidation sites excluding steroid dienone is 1. The number of rotatable bonds is 6. The molecule has 0 amide bonds. The summed E-state index contributed by atoms with van der Waals surface area (Å²) in [6, 6.07) is 19.2. The summed E-state index contributed by atoms with van der Waals surface area (Å²) in [7, 11) is 1.71. The normalized spacial score (nSPS) is 28.2. The summed E-state index contributed by atoms with van der Waals surface area (Å²) in [6.45, 7) is 10.4. The molecule has 1 fully saturated rings. The van der Waals surface area contributed by atoms with Crippen LogP contribution in [-0.4, -0.2) is 18.5 Å². The van der Waals surface area contributed by atoms with Crippen LogP contribution in [0.2, 0.25) is 0 Å². The number of hydrogen-bond acceptors (Lipinski definition) is 3. The lowest BCUT2D eigenvalue weighted by molar-refractivity contribution is -0.0459. The van der Waals surface area contributed by atoms with Crippen LogP contribution in [0.15, 0.2) is 71.1 Å². The maximum absolute atomic E-state index is 6.71. The third-order valence-corrected chi connectivity index (χ3v) is 8.63. The van der Waals surface area contributed by atoms with Crippen LogP contribution in [0, 0.1) is 16.7 Å². The minimum Gasteiger partial charge on any atom is -0.497 e. The number of fused-ring (bicyclic) bond motifs is 2. The highest BCUT2D eigenvalue weighted by Gasteiger charge is 2.46. The van der Waals surface area contributed by atoms with E-state index in [1.807, 2.05) is 23.9 Å². The molecular formula is C29H38O2S. The highest BCUT2D eigenvalue weighted by atomic mass is 32.2. The summed E-state index contributed by atoms with van der Waals surface area (Å²) in [5.74, 6) is 1.46. The van der Waals surface area contributed by atoms with Gasteiger partial charge in [-0.3, -0.25) is 0 Å². The van der Waals surface area contributed by atoms with Crippen LogP contribution in [0.25, 0.3) is 0 Å². The van der Waals surface area contributed by atoms with Gasteiger partial charge in [0.2, 0.25) is 0 Å². The Labute approximate surface area is 198 Å². The van der Waals surface area contributed by atoms with Crippen molar-refractivity contribution in [3.05, 3.63) is 71.8 Å². The fourth-order valence-corrected chi connectivity index (χ4v) is 7.06. The Hall–Kier alpha value is -1.71. The number of ether oxygens (including phenoxy) is 2. The summed E-state index contributed by atoms with van der Waals surface area (Å²) in [6.07, 6.45) is 7.59. The molecule has 0 saturated heterocycles. The number of hydrogen-bond donors (Lipinski definition) is 0. The SMILES string of the molecule is COc1ccc(CO[C@H]2CC(C)(C)C[C@H](Sc3ccccc3)/C=C3/CC[C@H]2C3(C)C)cc1. The standard InChI is InChI=1S/C29H38O2S/c1-28(2)18-25(32-24-9-7-6-8-10-24)17-22-13-16-26(29(22,3)4)27(19-28)31-20-21-11-14-23(30-5)15-12-21/h6-12,14-15,17,25-27H,13,16,18-20H2,1-5H3/b22-17-/t25-,26-,27+/m1/s1. The van der Waals surface area contributed by atoms with Gasteiger partial charge in [-0.2, -0.15) is 0 Å². The summed E-state index contributed by atoms with van der Waals surface area (Å²) < 4.78 is 12.0. The van der Waals surface area contributed by atoms with Crippen LogP contribution in [0.3, 0.4) is 0 Å². The second kappa shape index (κ2) is 9.65. The number of thioether (sulfide) groups is 1. The second-order valence-corrected chi connectivity index (χ2v) is 12.1. The lowest BCUT2D eigenvalue weighted by Gasteiger charge is -2.38. The van der Waals surface area contributed by atoms with E-state index in [2.05, 4.69) is 76.2 Å². The molecular weight excluding hydrogens is 412 g/mol. The Balaban J connectivity index is 1.55. The number of benzene rings is 2. The predicted octanol–water partition coefficient (Wildman–Crippen LogP) is 7.92. The molecule has 0 radical (unpaired) electrons. The monoisotopic (exact) mass is 450 g/mol. The Morgan fingerprint density at radius 2 is 1.66 bits per heavy atom. The molecule has 4 rings (SSSR count). The average molecular weight is 451 g/mol. The molecule has 1 saturated carbocycles. The fraction of sp³-hybridized carbons (Fsp3) is 0.517. The van der Waals surface area contributed by atoms with Gasteiger partial charge in [0.15, 0.2) is 0 Å². The van der Waals surface area contributed by atoms with E-state index in [-0.39, 0.29) is 16.9 Å². The van der Waals surface area contributed by atoms with Crippen molar-refractivity contribution < 1.29 is 9.47 Å². The molecule has 32 heavy (non-hydrogen) atoms. The van der Waals surface area contributed by atoms with Gasteiger partial charge in [-0.25, -0.2) is 0 Å². The van der Waals surface area contributed by atoms with Crippen molar-refractivity contribution in [1.29, 1.82) is 0 Å². The maximum atomic E-state index is 6.71. The van der Waals surface area contributed by atoms with Gasteiger partial charge >= 0.3 is 0 Å². The highest BCUT2D eigenvalue weighted by molar-refractivity contribution is 8.00. The zero-order valence-electron chi connectivity index (χ0n) is 20.3. The van der Waals surface area contributed by atoms with Gasteiger partial charge in [0.25, 0.3) is 0 Å². The topological polar surface area (TPSA) is 18.5 Å².